The summed E-state index contributed by atoms with van der Waals surface area (Å²) < 4.78 is 0. The van der Waals surface area contributed by atoms with E-state index in [0.717, 1.165) is 6.54 Å². The fourth-order valence-electron chi connectivity index (χ4n) is 2.90. The van der Waals surface area contributed by atoms with E-state index in [4.69, 9.17) is 0 Å². The number of aryl methyl sites for hydroxylation is 1. The number of unbranched alkanes of at least 4 members (excludes halogenated alkanes) is 6. The molecule has 0 aromatic heterocycles. The second kappa shape index (κ2) is 10.9. The highest BCUT2D eigenvalue weighted by Crippen LogP contribution is 2.23. The fourth-order valence-corrected chi connectivity index (χ4v) is 2.90. The van der Waals surface area contributed by atoms with E-state index >= 15 is 0 Å². The molecule has 1 unspecified atom stereocenters. The van der Waals surface area contributed by atoms with Crippen molar-refractivity contribution in [3.8, 4) is 0 Å². The molecule has 114 valence electrons. The molecule has 1 rings (SSSR count). The summed E-state index contributed by atoms with van der Waals surface area (Å²) in [6.07, 6.45) is 11.1. The average molecular weight is 275 g/mol. The van der Waals surface area contributed by atoms with Crippen molar-refractivity contribution in [3.05, 3.63) is 35.4 Å². The third-order valence-electron chi connectivity index (χ3n) is 4.12. The average Bonchev–Trinajstić information content (AvgIpc) is 2.45. The Morgan fingerprint density at radius 1 is 1.00 bits per heavy atom. The number of rotatable bonds is 11. The van der Waals surface area contributed by atoms with Crippen LogP contribution < -0.4 is 5.32 Å². The fraction of sp³-hybridized carbons (Fsp3) is 0.684. The molecular formula is C19H33N. The zero-order chi connectivity index (χ0) is 14.6. The molecule has 1 aromatic carbocycles. The van der Waals surface area contributed by atoms with Crippen LogP contribution in [0, 0.1) is 6.92 Å². The normalized spacial score (nSPS) is 12.6. The Morgan fingerprint density at radius 3 is 2.35 bits per heavy atom. The predicted molar refractivity (Wildman–Crippen MR) is 90.5 cm³/mol. The highest BCUT2D eigenvalue weighted by molar-refractivity contribution is 5.25. The minimum absolute atomic E-state index is 0.676. The lowest BCUT2D eigenvalue weighted by Crippen LogP contribution is -2.17. The van der Waals surface area contributed by atoms with E-state index in [9.17, 15) is 0 Å². The van der Waals surface area contributed by atoms with Crippen molar-refractivity contribution in [1.82, 2.24) is 5.32 Å². The molecule has 0 radical (unpaired) electrons. The Bertz CT molecular complexity index is 345. The highest BCUT2D eigenvalue weighted by atomic mass is 14.8. The molecule has 0 heterocycles. The van der Waals surface area contributed by atoms with Gasteiger partial charge in [-0.25, -0.2) is 0 Å². The summed E-state index contributed by atoms with van der Waals surface area (Å²) in [6.45, 7) is 5.57. The van der Waals surface area contributed by atoms with Gasteiger partial charge in [0.05, 0.1) is 0 Å². The number of hydrogen-bond acceptors (Lipinski definition) is 1. The third kappa shape index (κ3) is 7.09. The summed E-state index contributed by atoms with van der Waals surface area (Å²) in [5, 5.41) is 3.35. The molecule has 1 N–H and O–H groups in total. The molecule has 1 nitrogen and oxygen atoms in total. The maximum Gasteiger partial charge on any atom is 0.00171 e. The number of hydrogen-bond donors (Lipinski definition) is 1. The highest BCUT2D eigenvalue weighted by Gasteiger charge is 2.10. The van der Waals surface area contributed by atoms with Gasteiger partial charge in [-0.3, -0.25) is 0 Å². The molecule has 0 amide bonds. The lowest BCUT2D eigenvalue weighted by Gasteiger charge is -2.17. The minimum Gasteiger partial charge on any atom is -0.319 e. The molecule has 1 aromatic rings. The van der Waals surface area contributed by atoms with E-state index in [1.807, 2.05) is 0 Å². The van der Waals surface area contributed by atoms with Crippen molar-refractivity contribution in [1.29, 1.82) is 0 Å². The van der Waals surface area contributed by atoms with Crippen molar-refractivity contribution in [2.45, 2.75) is 71.1 Å². The molecule has 0 spiro atoms. The van der Waals surface area contributed by atoms with Gasteiger partial charge in [-0.2, -0.15) is 0 Å². The molecule has 0 bridgehead atoms. The van der Waals surface area contributed by atoms with Crippen molar-refractivity contribution in [2.24, 2.45) is 0 Å². The van der Waals surface area contributed by atoms with Crippen LogP contribution in [0.4, 0.5) is 0 Å². The van der Waals surface area contributed by atoms with Gasteiger partial charge in [0, 0.05) is 6.54 Å². The summed E-state index contributed by atoms with van der Waals surface area (Å²) in [4.78, 5) is 0. The zero-order valence-corrected chi connectivity index (χ0v) is 13.8. The van der Waals surface area contributed by atoms with Gasteiger partial charge in [-0.05, 0) is 31.9 Å². The Labute approximate surface area is 126 Å². The van der Waals surface area contributed by atoms with E-state index in [1.54, 1.807) is 0 Å². The van der Waals surface area contributed by atoms with Crippen LogP contribution in [0.2, 0.25) is 0 Å². The van der Waals surface area contributed by atoms with E-state index < -0.39 is 0 Å². The van der Waals surface area contributed by atoms with Crippen LogP contribution >= 0.6 is 0 Å². The lowest BCUT2D eigenvalue weighted by molar-refractivity contribution is 0.519. The topological polar surface area (TPSA) is 12.0 Å². The first kappa shape index (κ1) is 17.2. The van der Waals surface area contributed by atoms with Crippen LogP contribution in [0.15, 0.2) is 24.3 Å². The maximum absolute atomic E-state index is 3.35. The van der Waals surface area contributed by atoms with Gasteiger partial charge in [0.25, 0.3) is 0 Å². The third-order valence-corrected chi connectivity index (χ3v) is 4.12. The van der Waals surface area contributed by atoms with Crippen molar-refractivity contribution >= 4 is 0 Å². The second-order valence-electron chi connectivity index (χ2n) is 6.08. The van der Waals surface area contributed by atoms with Crippen LogP contribution in [0.3, 0.4) is 0 Å². The summed E-state index contributed by atoms with van der Waals surface area (Å²) in [5.74, 6) is 0.676. The number of nitrogens with one attached hydrogen (secondary N) is 1. The number of likely N-dealkylation sites (N-methyl/N-ethyl adjacent to an activating group) is 1. The van der Waals surface area contributed by atoms with Gasteiger partial charge in [-0.15, -0.1) is 0 Å². The van der Waals surface area contributed by atoms with Gasteiger partial charge < -0.3 is 5.32 Å². The summed E-state index contributed by atoms with van der Waals surface area (Å²) in [6, 6.07) is 9.02. The second-order valence-corrected chi connectivity index (χ2v) is 6.08. The van der Waals surface area contributed by atoms with Gasteiger partial charge in [-0.1, -0.05) is 81.7 Å². The minimum atomic E-state index is 0.676. The van der Waals surface area contributed by atoms with Gasteiger partial charge >= 0.3 is 0 Å². The van der Waals surface area contributed by atoms with Crippen LogP contribution in [-0.2, 0) is 0 Å². The molecule has 1 atom stereocenters. The molecule has 0 fully saturated rings. The Balaban J connectivity index is 2.29. The van der Waals surface area contributed by atoms with Gasteiger partial charge in [0.1, 0.15) is 0 Å². The summed E-state index contributed by atoms with van der Waals surface area (Å²) >= 11 is 0. The first-order valence-corrected chi connectivity index (χ1v) is 8.49. The zero-order valence-electron chi connectivity index (χ0n) is 13.8. The first-order chi connectivity index (χ1) is 9.77. The van der Waals surface area contributed by atoms with Crippen molar-refractivity contribution < 1.29 is 0 Å². The van der Waals surface area contributed by atoms with Crippen LogP contribution in [0.1, 0.15) is 75.3 Å². The molecule has 0 aliphatic rings. The molecule has 20 heavy (non-hydrogen) atoms. The van der Waals surface area contributed by atoms with E-state index in [0.29, 0.717) is 5.92 Å². The Morgan fingerprint density at radius 2 is 1.70 bits per heavy atom. The Hall–Kier alpha value is -0.820. The summed E-state index contributed by atoms with van der Waals surface area (Å²) in [7, 11) is 2.06. The molecule has 0 saturated carbocycles. The SMILES string of the molecule is CCCCCCCCCC(CNC)c1cccc(C)c1. The molecule has 0 saturated heterocycles. The summed E-state index contributed by atoms with van der Waals surface area (Å²) in [5.41, 5.74) is 2.88. The monoisotopic (exact) mass is 275 g/mol. The largest absolute Gasteiger partial charge is 0.319 e. The number of benzene rings is 1. The molecule has 0 aliphatic carbocycles. The van der Waals surface area contributed by atoms with E-state index in [-0.39, 0.29) is 0 Å². The lowest BCUT2D eigenvalue weighted by atomic mass is 9.92. The standard InChI is InChI=1S/C19H33N/c1-4-5-6-7-8-9-10-13-19(16-20-3)18-14-11-12-17(2)15-18/h11-12,14-15,19-20H,4-10,13,16H2,1-3H3. The first-order valence-electron chi connectivity index (χ1n) is 8.49. The van der Waals surface area contributed by atoms with Gasteiger partial charge in [0.2, 0.25) is 0 Å². The predicted octanol–water partition coefficient (Wildman–Crippen LogP) is 5.44. The quantitative estimate of drug-likeness (QED) is 0.530. The van der Waals surface area contributed by atoms with E-state index in [1.165, 1.54) is 62.5 Å². The van der Waals surface area contributed by atoms with E-state index in [2.05, 4.69) is 50.5 Å². The van der Waals surface area contributed by atoms with Gasteiger partial charge in [0.15, 0.2) is 0 Å². The van der Waals surface area contributed by atoms with Crippen molar-refractivity contribution in [3.63, 3.8) is 0 Å². The molecular weight excluding hydrogens is 242 g/mol. The Kier molecular flexibility index (Phi) is 9.40. The smallest absolute Gasteiger partial charge is 0.00171 e. The van der Waals surface area contributed by atoms with Crippen LogP contribution in [0.5, 0.6) is 0 Å². The maximum atomic E-state index is 3.35. The van der Waals surface area contributed by atoms with Crippen LogP contribution in [-0.4, -0.2) is 13.6 Å². The van der Waals surface area contributed by atoms with Crippen molar-refractivity contribution in [2.75, 3.05) is 13.6 Å². The molecule has 1 heteroatoms. The van der Waals surface area contributed by atoms with Crippen LogP contribution in [0.25, 0.3) is 0 Å². The molecule has 0 aliphatic heterocycles.